The summed E-state index contributed by atoms with van der Waals surface area (Å²) < 4.78 is 0. The summed E-state index contributed by atoms with van der Waals surface area (Å²) in [5.41, 5.74) is 2.36. The van der Waals surface area contributed by atoms with Gasteiger partial charge in [-0.15, -0.1) is 0 Å². The fraction of sp³-hybridized carbons (Fsp3) is 0.0769. The molecule has 69 valence electrons. The molecule has 0 N–H and O–H groups in total. The molecule has 0 spiro atoms. The third kappa shape index (κ3) is 2.43. The van der Waals surface area contributed by atoms with Gasteiger partial charge in [-0.1, -0.05) is 36.4 Å². The number of benzene rings is 1. The third-order valence-corrected chi connectivity index (χ3v) is 2.08. The molecule has 1 heterocycles. The van der Waals surface area contributed by atoms with Crippen molar-refractivity contribution in [3.8, 4) is 0 Å². The van der Waals surface area contributed by atoms with Crippen molar-refractivity contribution in [1.29, 1.82) is 0 Å². The van der Waals surface area contributed by atoms with E-state index < -0.39 is 0 Å². The molecule has 1 nitrogen and oxygen atoms in total. The summed E-state index contributed by atoms with van der Waals surface area (Å²) in [7, 11) is 0. The van der Waals surface area contributed by atoms with E-state index in [0.29, 0.717) is 0 Å². The van der Waals surface area contributed by atoms with Gasteiger partial charge in [0, 0.05) is 18.3 Å². The summed E-state index contributed by atoms with van der Waals surface area (Å²) in [6.45, 7) is 0. The van der Waals surface area contributed by atoms with Crippen LogP contribution in [-0.2, 0) is 6.42 Å². The fourth-order valence-electron chi connectivity index (χ4n) is 1.33. The lowest BCUT2D eigenvalue weighted by molar-refractivity contribution is 1.10. The molecule has 0 fully saturated rings. The van der Waals surface area contributed by atoms with E-state index in [0.717, 1.165) is 12.1 Å². The molecule has 0 aliphatic heterocycles. The molecule has 0 saturated carbocycles. The average Bonchev–Trinajstić information content (AvgIpc) is 2.29. The van der Waals surface area contributed by atoms with Gasteiger partial charge < -0.3 is 0 Å². The van der Waals surface area contributed by atoms with Gasteiger partial charge in [-0.3, -0.25) is 4.98 Å². The van der Waals surface area contributed by atoms with Gasteiger partial charge in [0.05, 0.1) is 0 Å². The van der Waals surface area contributed by atoms with Crippen molar-refractivity contribution in [3.05, 3.63) is 72.4 Å². The lowest BCUT2D eigenvalue weighted by atomic mass is 10.1. The summed E-state index contributed by atoms with van der Waals surface area (Å²) in [4.78, 5) is 4.24. The van der Waals surface area contributed by atoms with Crippen LogP contribution in [0.1, 0.15) is 11.3 Å². The number of rotatable bonds is 3. The van der Waals surface area contributed by atoms with Gasteiger partial charge in [-0.05, 0) is 24.1 Å². The summed E-state index contributed by atoms with van der Waals surface area (Å²) in [6.07, 6.45) is 4.89. The highest BCUT2D eigenvalue weighted by Crippen LogP contribution is 2.06. The van der Waals surface area contributed by atoms with Gasteiger partial charge in [0.25, 0.3) is 0 Å². The molecular formula is C13H12N. The van der Waals surface area contributed by atoms with Gasteiger partial charge in [0.15, 0.2) is 0 Å². The van der Waals surface area contributed by atoms with Crippen LogP contribution in [0.15, 0.2) is 54.7 Å². The maximum atomic E-state index is 4.24. The Morgan fingerprint density at radius 1 is 0.929 bits per heavy atom. The molecule has 0 unspecified atom stereocenters. The highest BCUT2D eigenvalue weighted by Gasteiger charge is 1.95. The SMILES string of the molecule is [CH](Cc1ccccc1)c1ccccn1. The van der Waals surface area contributed by atoms with Crippen molar-refractivity contribution in [2.45, 2.75) is 6.42 Å². The minimum atomic E-state index is 0.942. The van der Waals surface area contributed by atoms with E-state index in [9.17, 15) is 0 Å². The van der Waals surface area contributed by atoms with E-state index in [4.69, 9.17) is 0 Å². The van der Waals surface area contributed by atoms with E-state index in [1.54, 1.807) is 0 Å². The second kappa shape index (κ2) is 4.56. The topological polar surface area (TPSA) is 12.9 Å². The molecule has 2 aromatic rings. The van der Waals surface area contributed by atoms with Crippen LogP contribution in [0, 0.1) is 6.42 Å². The number of hydrogen-bond acceptors (Lipinski definition) is 1. The summed E-state index contributed by atoms with van der Waals surface area (Å²) in [5.74, 6) is 0. The molecular weight excluding hydrogens is 170 g/mol. The molecule has 14 heavy (non-hydrogen) atoms. The maximum Gasteiger partial charge on any atom is 0.0444 e. The van der Waals surface area contributed by atoms with Crippen LogP contribution in [0.4, 0.5) is 0 Å². The quantitative estimate of drug-likeness (QED) is 0.711. The van der Waals surface area contributed by atoms with Gasteiger partial charge in [-0.25, -0.2) is 0 Å². The lowest BCUT2D eigenvalue weighted by Gasteiger charge is -1.99. The first-order chi connectivity index (χ1) is 6.95. The Labute approximate surface area is 84.4 Å². The zero-order valence-electron chi connectivity index (χ0n) is 7.93. The van der Waals surface area contributed by atoms with Crippen molar-refractivity contribution in [1.82, 2.24) is 4.98 Å². The van der Waals surface area contributed by atoms with Crippen LogP contribution in [-0.4, -0.2) is 4.98 Å². The zero-order chi connectivity index (χ0) is 9.64. The van der Waals surface area contributed by atoms with E-state index in [1.807, 2.05) is 30.5 Å². The second-order valence-electron chi connectivity index (χ2n) is 3.15. The molecule has 0 saturated heterocycles. The normalized spacial score (nSPS) is 10.0. The number of nitrogens with zero attached hydrogens (tertiary/aromatic N) is 1. The molecule has 2 rings (SSSR count). The van der Waals surface area contributed by atoms with Crippen LogP contribution in [0.2, 0.25) is 0 Å². The first-order valence-electron chi connectivity index (χ1n) is 4.73. The Kier molecular flexibility index (Phi) is 2.92. The van der Waals surface area contributed by atoms with Gasteiger partial charge in [0.1, 0.15) is 0 Å². The molecule has 1 aromatic heterocycles. The summed E-state index contributed by atoms with van der Waals surface area (Å²) in [5, 5.41) is 0. The summed E-state index contributed by atoms with van der Waals surface area (Å²) >= 11 is 0. The molecule has 0 aliphatic rings. The fourth-order valence-corrected chi connectivity index (χ4v) is 1.33. The van der Waals surface area contributed by atoms with Crippen LogP contribution < -0.4 is 0 Å². The molecule has 0 aliphatic carbocycles. The van der Waals surface area contributed by atoms with Gasteiger partial charge >= 0.3 is 0 Å². The Morgan fingerprint density at radius 3 is 2.43 bits per heavy atom. The molecule has 1 aromatic carbocycles. The minimum absolute atomic E-state index is 0.942. The van der Waals surface area contributed by atoms with Gasteiger partial charge in [0.2, 0.25) is 0 Å². The van der Waals surface area contributed by atoms with Crippen LogP contribution in [0.3, 0.4) is 0 Å². The predicted molar refractivity (Wildman–Crippen MR) is 57.8 cm³/mol. The minimum Gasteiger partial charge on any atom is -0.261 e. The van der Waals surface area contributed by atoms with E-state index in [2.05, 4.69) is 35.7 Å². The Balaban J connectivity index is 1.96. The predicted octanol–water partition coefficient (Wildman–Crippen LogP) is 2.88. The molecule has 1 radical (unpaired) electrons. The number of pyridine rings is 1. The van der Waals surface area contributed by atoms with E-state index in [1.165, 1.54) is 5.56 Å². The van der Waals surface area contributed by atoms with Crippen LogP contribution in [0.25, 0.3) is 0 Å². The molecule has 0 bridgehead atoms. The summed E-state index contributed by atoms with van der Waals surface area (Å²) in [6, 6.07) is 16.3. The highest BCUT2D eigenvalue weighted by atomic mass is 14.7. The van der Waals surface area contributed by atoms with Crippen molar-refractivity contribution >= 4 is 0 Å². The number of aromatic nitrogens is 1. The van der Waals surface area contributed by atoms with Crippen molar-refractivity contribution < 1.29 is 0 Å². The molecule has 0 atom stereocenters. The van der Waals surface area contributed by atoms with E-state index >= 15 is 0 Å². The van der Waals surface area contributed by atoms with Crippen molar-refractivity contribution in [3.63, 3.8) is 0 Å². The number of hydrogen-bond donors (Lipinski definition) is 0. The van der Waals surface area contributed by atoms with Gasteiger partial charge in [-0.2, -0.15) is 0 Å². The van der Waals surface area contributed by atoms with Crippen molar-refractivity contribution in [2.75, 3.05) is 0 Å². The monoisotopic (exact) mass is 182 g/mol. The average molecular weight is 182 g/mol. The Morgan fingerprint density at radius 2 is 1.71 bits per heavy atom. The molecule has 0 amide bonds. The smallest absolute Gasteiger partial charge is 0.0444 e. The van der Waals surface area contributed by atoms with Crippen molar-refractivity contribution in [2.24, 2.45) is 0 Å². The third-order valence-electron chi connectivity index (χ3n) is 2.08. The zero-order valence-corrected chi connectivity index (χ0v) is 7.93. The Hall–Kier alpha value is -1.63. The van der Waals surface area contributed by atoms with E-state index in [-0.39, 0.29) is 0 Å². The molecule has 1 heteroatoms. The standard InChI is InChI=1S/C13H12N/c1-2-6-12(7-3-1)9-10-13-8-4-5-11-14-13/h1-8,10-11H,9H2. The highest BCUT2D eigenvalue weighted by molar-refractivity contribution is 5.21. The maximum absolute atomic E-state index is 4.24. The van der Waals surface area contributed by atoms with Crippen LogP contribution >= 0.6 is 0 Å². The first kappa shape index (κ1) is 8.95. The largest absolute Gasteiger partial charge is 0.261 e. The Bertz CT molecular complexity index is 327. The first-order valence-corrected chi connectivity index (χ1v) is 4.73. The van der Waals surface area contributed by atoms with Crippen LogP contribution in [0.5, 0.6) is 0 Å². The second-order valence-corrected chi connectivity index (χ2v) is 3.15. The lowest BCUT2D eigenvalue weighted by Crippen LogP contribution is -1.90.